The monoisotopic (exact) mass is 573 g/mol. The van der Waals surface area contributed by atoms with Crippen LogP contribution in [0.25, 0.3) is 0 Å². The van der Waals surface area contributed by atoms with Gasteiger partial charge in [0.1, 0.15) is 12.1 Å². The van der Waals surface area contributed by atoms with Gasteiger partial charge >= 0.3 is 0 Å². The molecular formula is C28H39N5O4S2. The van der Waals surface area contributed by atoms with Crippen molar-refractivity contribution in [1.82, 2.24) is 19.9 Å². The van der Waals surface area contributed by atoms with Crippen LogP contribution < -0.4 is 15.8 Å². The van der Waals surface area contributed by atoms with Gasteiger partial charge in [-0.25, -0.2) is 18.1 Å². The zero-order chi connectivity index (χ0) is 27.4. The fourth-order valence-corrected chi connectivity index (χ4v) is 8.63. The third-order valence-electron chi connectivity index (χ3n) is 8.25. The van der Waals surface area contributed by atoms with Crippen molar-refractivity contribution in [3.8, 4) is 0 Å². The van der Waals surface area contributed by atoms with E-state index in [-0.39, 0.29) is 23.6 Å². The Bertz CT molecular complexity index is 1260. The lowest BCUT2D eigenvalue weighted by atomic mass is 9.84. The van der Waals surface area contributed by atoms with E-state index in [1.54, 1.807) is 29.2 Å². The van der Waals surface area contributed by atoms with Crippen LogP contribution in [0.2, 0.25) is 0 Å². The van der Waals surface area contributed by atoms with Gasteiger partial charge in [-0.15, -0.1) is 11.3 Å². The first-order valence-electron chi connectivity index (χ1n) is 14.2. The van der Waals surface area contributed by atoms with E-state index < -0.39 is 22.1 Å². The number of likely N-dealkylation sites (tertiary alicyclic amines) is 1. The van der Waals surface area contributed by atoms with Crippen LogP contribution in [0, 0.1) is 5.92 Å². The number of carbonyl (C=O) groups is 2. The van der Waals surface area contributed by atoms with Crippen LogP contribution in [0.1, 0.15) is 73.9 Å². The Morgan fingerprint density at radius 1 is 1.08 bits per heavy atom. The standard InChI is InChI=1S/C28H39N5O4S2/c29-28-31-22-14-13-21(17-25(22)38-28)30-26(34)24-12-7-15-33(24)27(35)23(16-19-8-3-1-4-9-19)32-39(36,37)18-20-10-5-2-6-11-20/h2,5-6,10-11,19,21,23-24,32H,1,3-4,7-9,12-18H2,(H2,29,31)(H,30,34)/t21-,23-,24+/m1/s1. The van der Waals surface area contributed by atoms with E-state index in [0.717, 1.165) is 55.5 Å². The molecule has 0 radical (unpaired) electrons. The Hall–Kier alpha value is -2.50. The molecule has 212 valence electrons. The van der Waals surface area contributed by atoms with Gasteiger partial charge in [-0.3, -0.25) is 9.59 Å². The number of nitrogens with zero attached hydrogens (tertiary/aromatic N) is 2. The maximum atomic E-state index is 13.9. The van der Waals surface area contributed by atoms with Crippen LogP contribution in [0.3, 0.4) is 0 Å². The molecule has 1 aliphatic heterocycles. The number of amides is 2. The first kappa shape index (κ1) is 28.0. The molecule has 1 saturated carbocycles. The van der Waals surface area contributed by atoms with Crippen LogP contribution >= 0.6 is 11.3 Å². The van der Waals surface area contributed by atoms with E-state index in [2.05, 4.69) is 15.0 Å². The molecule has 11 heteroatoms. The fraction of sp³-hybridized carbons (Fsp3) is 0.607. The minimum Gasteiger partial charge on any atom is -0.375 e. The molecule has 1 saturated heterocycles. The number of carbonyl (C=O) groups excluding carboxylic acids is 2. The number of sulfonamides is 1. The molecule has 2 fully saturated rings. The Morgan fingerprint density at radius 2 is 1.85 bits per heavy atom. The summed E-state index contributed by atoms with van der Waals surface area (Å²) in [5.41, 5.74) is 7.56. The zero-order valence-corrected chi connectivity index (χ0v) is 23.9. The number of rotatable bonds is 9. The van der Waals surface area contributed by atoms with Gasteiger partial charge in [0.15, 0.2) is 5.13 Å². The van der Waals surface area contributed by atoms with E-state index >= 15 is 0 Å². The summed E-state index contributed by atoms with van der Waals surface area (Å²) in [5, 5.41) is 3.72. The number of nitrogen functional groups attached to an aromatic ring is 1. The molecule has 1 aromatic carbocycles. The van der Waals surface area contributed by atoms with Gasteiger partial charge < -0.3 is 16.0 Å². The average Bonchev–Trinajstić information content (AvgIpc) is 3.54. The Balaban J connectivity index is 1.27. The van der Waals surface area contributed by atoms with E-state index in [1.165, 1.54) is 17.8 Å². The normalized spacial score (nSPS) is 22.8. The lowest BCUT2D eigenvalue weighted by Crippen LogP contribution is -2.55. The van der Waals surface area contributed by atoms with E-state index in [4.69, 9.17) is 5.73 Å². The van der Waals surface area contributed by atoms with Gasteiger partial charge in [-0.2, -0.15) is 0 Å². The topological polar surface area (TPSA) is 134 Å². The average molecular weight is 574 g/mol. The number of hydrogen-bond acceptors (Lipinski definition) is 7. The van der Waals surface area contributed by atoms with Crippen molar-refractivity contribution in [2.45, 2.75) is 94.5 Å². The summed E-state index contributed by atoms with van der Waals surface area (Å²) in [6, 6.07) is 7.52. The summed E-state index contributed by atoms with van der Waals surface area (Å²) in [6.45, 7) is 0.457. The molecule has 39 heavy (non-hydrogen) atoms. The lowest BCUT2D eigenvalue weighted by molar-refractivity contribution is -0.140. The SMILES string of the molecule is Nc1nc2c(s1)C[C@H](NC(=O)[C@@H]1CCCN1C(=O)[C@@H](CC1CCCCC1)NS(=O)(=O)Cc1ccccc1)CC2. The molecular weight excluding hydrogens is 534 g/mol. The molecule has 9 nitrogen and oxygen atoms in total. The second-order valence-electron chi connectivity index (χ2n) is 11.2. The number of thiazole rings is 1. The molecule has 0 unspecified atom stereocenters. The molecule has 1 aromatic heterocycles. The van der Waals surface area contributed by atoms with Gasteiger partial charge in [0.2, 0.25) is 21.8 Å². The van der Waals surface area contributed by atoms with Crippen molar-refractivity contribution in [2.24, 2.45) is 5.92 Å². The molecule has 4 N–H and O–H groups in total. The number of fused-ring (bicyclic) bond motifs is 1. The maximum absolute atomic E-state index is 13.9. The number of aromatic nitrogens is 1. The molecule has 2 heterocycles. The van der Waals surface area contributed by atoms with Crippen molar-refractivity contribution in [1.29, 1.82) is 0 Å². The van der Waals surface area contributed by atoms with Crippen LogP contribution in [0.4, 0.5) is 5.13 Å². The number of hydrogen-bond donors (Lipinski definition) is 3. The number of nitrogens with two attached hydrogens (primary N) is 1. The van der Waals surface area contributed by atoms with Gasteiger partial charge in [-0.05, 0) is 43.6 Å². The third kappa shape index (κ3) is 7.18. The van der Waals surface area contributed by atoms with E-state index in [0.29, 0.717) is 42.4 Å². The van der Waals surface area contributed by atoms with Gasteiger partial charge in [-0.1, -0.05) is 62.4 Å². The molecule has 5 rings (SSSR count). The highest BCUT2D eigenvalue weighted by Crippen LogP contribution is 2.30. The van der Waals surface area contributed by atoms with Crippen molar-refractivity contribution >= 4 is 38.3 Å². The third-order valence-corrected chi connectivity index (χ3v) is 10.6. The summed E-state index contributed by atoms with van der Waals surface area (Å²) < 4.78 is 29.1. The summed E-state index contributed by atoms with van der Waals surface area (Å²) in [6.07, 6.45) is 9.40. The highest BCUT2D eigenvalue weighted by Gasteiger charge is 2.40. The quantitative estimate of drug-likeness (QED) is 0.422. The summed E-state index contributed by atoms with van der Waals surface area (Å²) in [5.74, 6) is -0.325. The van der Waals surface area contributed by atoms with Crippen molar-refractivity contribution in [3.63, 3.8) is 0 Å². The summed E-state index contributed by atoms with van der Waals surface area (Å²) in [4.78, 5) is 34.4. The fourth-order valence-electron chi connectivity index (χ4n) is 6.33. The molecule has 2 aliphatic carbocycles. The second-order valence-corrected chi connectivity index (χ2v) is 14.1. The van der Waals surface area contributed by atoms with Gasteiger partial charge in [0, 0.05) is 23.9 Å². The summed E-state index contributed by atoms with van der Waals surface area (Å²) >= 11 is 1.47. The highest BCUT2D eigenvalue weighted by atomic mass is 32.2. The Morgan fingerprint density at radius 3 is 2.62 bits per heavy atom. The van der Waals surface area contributed by atoms with Crippen LogP contribution in [-0.2, 0) is 38.2 Å². The molecule has 3 aliphatic rings. The van der Waals surface area contributed by atoms with Crippen LogP contribution in [-0.4, -0.2) is 54.8 Å². The largest absolute Gasteiger partial charge is 0.375 e. The van der Waals surface area contributed by atoms with Crippen molar-refractivity contribution in [3.05, 3.63) is 46.5 Å². The maximum Gasteiger partial charge on any atom is 0.243 e. The lowest BCUT2D eigenvalue weighted by Gasteiger charge is -2.32. The first-order valence-corrected chi connectivity index (χ1v) is 16.6. The number of aryl methyl sites for hydroxylation is 1. The van der Waals surface area contributed by atoms with Gasteiger partial charge in [0.05, 0.1) is 11.4 Å². The van der Waals surface area contributed by atoms with Crippen molar-refractivity contribution in [2.75, 3.05) is 12.3 Å². The van der Waals surface area contributed by atoms with E-state index in [1.807, 2.05) is 6.07 Å². The predicted octanol–water partition coefficient (Wildman–Crippen LogP) is 3.15. The molecule has 3 atom stereocenters. The Kier molecular flexibility index (Phi) is 8.88. The molecule has 0 spiro atoms. The Labute approximate surface area is 235 Å². The number of anilines is 1. The molecule has 0 bridgehead atoms. The number of benzene rings is 1. The van der Waals surface area contributed by atoms with Gasteiger partial charge in [0.25, 0.3) is 0 Å². The molecule has 2 aromatic rings. The smallest absolute Gasteiger partial charge is 0.243 e. The minimum atomic E-state index is -3.76. The minimum absolute atomic E-state index is 0.0233. The second kappa shape index (κ2) is 12.3. The highest BCUT2D eigenvalue weighted by molar-refractivity contribution is 7.88. The zero-order valence-electron chi connectivity index (χ0n) is 22.3. The number of nitrogens with one attached hydrogen (secondary N) is 2. The van der Waals surface area contributed by atoms with Crippen LogP contribution in [0.5, 0.6) is 0 Å². The van der Waals surface area contributed by atoms with Crippen molar-refractivity contribution < 1.29 is 18.0 Å². The predicted molar refractivity (Wildman–Crippen MR) is 152 cm³/mol. The molecule has 2 amide bonds. The van der Waals surface area contributed by atoms with E-state index in [9.17, 15) is 18.0 Å². The van der Waals surface area contributed by atoms with Crippen LogP contribution in [0.15, 0.2) is 30.3 Å². The first-order chi connectivity index (χ1) is 18.8. The summed E-state index contributed by atoms with van der Waals surface area (Å²) in [7, 11) is -3.76.